The van der Waals surface area contributed by atoms with E-state index in [0.29, 0.717) is 69.7 Å². The van der Waals surface area contributed by atoms with E-state index < -0.39 is 12.0 Å². The second-order valence-corrected chi connectivity index (χ2v) is 11.8. The van der Waals surface area contributed by atoms with Crippen LogP contribution in [0.5, 0.6) is 17.2 Å². The molecule has 0 bridgehead atoms. The second kappa shape index (κ2) is 13.8. The van der Waals surface area contributed by atoms with Crippen molar-refractivity contribution in [1.29, 1.82) is 0 Å². The van der Waals surface area contributed by atoms with Gasteiger partial charge in [-0.05, 0) is 55.8 Å². The summed E-state index contributed by atoms with van der Waals surface area (Å²) in [7, 11) is 3.05. The van der Waals surface area contributed by atoms with E-state index in [1.54, 1.807) is 49.1 Å². The number of ether oxygens (including phenoxy) is 5. The van der Waals surface area contributed by atoms with Gasteiger partial charge < -0.3 is 28.6 Å². The highest BCUT2D eigenvalue weighted by Crippen LogP contribution is 2.37. The Morgan fingerprint density at radius 1 is 1.09 bits per heavy atom. The minimum absolute atomic E-state index is 0.129. The lowest BCUT2D eigenvalue weighted by Gasteiger charge is -2.26. The van der Waals surface area contributed by atoms with Gasteiger partial charge in [-0.3, -0.25) is 14.2 Å². The lowest BCUT2D eigenvalue weighted by atomic mass is 9.95. The van der Waals surface area contributed by atoms with Gasteiger partial charge in [-0.2, -0.15) is 0 Å². The van der Waals surface area contributed by atoms with Crippen LogP contribution in [0.2, 0.25) is 0 Å². The number of methoxy groups -OCH3 is 2. The number of carbonyl (C=O) groups is 2. The van der Waals surface area contributed by atoms with Crippen LogP contribution in [0.1, 0.15) is 31.0 Å². The van der Waals surface area contributed by atoms with Crippen molar-refractivity contribution in [1.82, 2.24) is 9.47 Å². The van der Waals surface area contributed by atoms with Crippen LogP contribution in [-0.2, 0) is 19.1 Å². The van der Waals surface area contributed by atoms with Crippen LogP contribution >= 0.6 is 27.3 Å². The van der Waals surface area contributed by atoms with Crippen molar-refractivity contribution < 1.29 is 33.3 Å². The molecule has 2 aliphatic rings. The number of morpholine rings is 1. The first-order valence-corrected chi connectivity index (χ1v) is 15.6. The number of carbonyl (C=O) groups excluding carboxylic acids is 2. The van der Waals surface area contributed by atoms with Gasteiger partial charge in [-0.15, -0.1) is 0 Å². The molecule has 232 valence electrons. The predicted octanol–water partition coefficient (Wildman–Crippen LogP) is 2.82. The van der Waals surface area contributed by atoms with Crippen LogP contribution in [0.4, 0.5) is 0 Å². The molecule has 0 spiro atoms. The van der Waals surface area contributed by atoms with Crippen molar-refractivity contribution in [2.45, 2.75) is 19.9 Å². The maximum atomic E-state index is 14.0. The Hall–Kier alpha value is -3.94. The highest BCUT2D eigenvalue weighted by molar-refractivity contribution is 9.10. The van der Waals surface area contributed by atoms with Gasteiger partial charge in [0.2, 0.25) is 0 Å². The molecule has 2 aliphatic heterocycles. The molecular weight excluding hydrogens is 654 g/mol. The number of rotatable bonds is 9. The smallest absolute Gasteiger partial charge is 0.338 e. The standard InChI is InChI=1S/C31H32BrN3O8S/c1-5-42-30(38)27-18(2)33-31-35(28(27)21-16-20(32)7-9-22(21)39-3)29(37)25(44-31)15-19-6-8-23(24(14-19)40-4)43-17-26(36)34-10-12-41-13-11-34/h6-9,14-16,28H,5,10-13,17H2,1-4H3/b25-15-/t28-/m0/s1. The maximum absolute atomic E-state index is 14.0. The molecule has 3 aromatic rings. The van der Waals surface area contributed by atoms with E-state index in [0.717, 1.165) is 4.47 Å². The van der Waals surface area contributed by atoms with E-state index in [4.69, 9.17) is 23.7 Å². The number of aromatic nitrogens is 1. The topological polar surface area (TPSA) is 118 Å². The Morgan fingerprint density at radius 2 is 1.82 bits per heavy atom. The summed E-state index contributed by atoms with van der Waals surface area (Å²) >= 11 is 4.72. The first-order chi connectivity index (χ1) is 21.2. The largest absolute Gasteiger partial charge is 0.496 e. The van der Waals surface area contributed by atoms with Crippen molar-refractivity contribution in [3.63, 3.8) is 0 Å². The fourth-order valence-corrected chi connectivity index (χ4v) is 6.52. The molecule has 1 aromatic heterocycles. The molecular formula is C31H32BrN3O8S. The number of amides is 1. The predicted molar refractivity (Wildman–Crippen MR) is 167 cm³/mol. The summed E-state index contributed by atoms with van der Waals surface area (Å²) in [6.07, 6.45) is 1.73. The fraction of sp³-hybridized carbons (Fsp3) is 0.355. The van der Waals surface area contributed by atoms with Gasteiger partial charge in [0.25, 0.3) is 11.5 Å². The number of fused-ring (bicyclic) bond motifs is 1. The maximum Gasteiger partial charge on any atom is 0.338 e. The molecule has 0 N–H and O–H groups in total. The zero-order chi connectivity index (χ0) is 31.4. The van der Waals surface area contributed by atoms with Gasteiger partial charge in [-0.1, -0.05) is 33.3 Å². The highest BCUT2D eigenvalue weighted by atomic mass is 79.9. The first kappa shape index (κ1) is 31.5. The van der Waals surface area contributed by atoms with E-state index in [9.17, 15) is 14.4 Å². The van der Waals surface area contributed by atoms with Crippen LogP contribution < -0.4 is 29.1 Å². The molecule has 0 unspecified atom stereocenters. The van der Waals surface area contributed by atoms with Gasteiger partial charge >= 0.3 is 5.97 Å². The van der Waals surface area contributed by atoms with Gasteiger partial charge in [-0.25, -0.2) is 9.79 Å². The molecule has 13 heteroatoms. The Balaban J connectivity index is 1.53. The fourth-order valence-electron chi connectivity index (χ4n) is 5.09. The minimum atomic E-state index is -0.825. The van der Waals surface area contributed by atoms with E-state index in [-0.39, 0.29) is 30.3 Å². The third-order valence-electron chi connectivity index (χ3n) is 7.20. The Kier molecular flexibility index (Phi) is 9.87. The van der Waals surface area contributed by atoms with E-state index in [1.807, 2.05) is 12.1 Å². The van der Waals surface area contributed by atoms with Crippen LogP contribution in [0, 0.1) is 0 Å². The van der Waals surface area contributed by atoms with Crippen LogP contribution in [-0.4, -0.2) is 75.1 Å². The lowest BCUT2D eigenvalue weighted by Crippen LogP contribution is -2.43. The van der Waals surface area contributed by atoms with Crippen molar-refractivity contribution >= 4 is 45.2 Å². The van der Waals surface area contributed by atoms with Crippen molar-refractivity contribution in [3.8, 4) is 17.2 Å². The Morgan fingerprint density at radius 3 is 2.52 bits per heavy atom. The minimum Gasteiger partial charge on any atom is -0.496 e. The zero-order valence-corrected chi connectivity index (χ0v) is 27.2. The molecule has 44 heavy (non-hydrogen) atoms. The average molecular weight is 687 g/mol. The summed E-state index contributed by atoms with van der Waals surface area (Å²) in [5, 5.41) is 0. The number of hydrogen-bond acceptors (Lipinski definition) is 10. The quantitative estimate of drug-likeness (QED) is 0.316. The molecule has 0 radical (unpaired) electrons. The van der Waals surface area contributed by atoms with Gasteiger partial charge in [0, 0.05) is 23.1 Å². The molecule has 0 aliphatic carbocycles. The number of nitrogens with zero attached hydrogens (tertiary/aromatic N) is 3. The Labute approximate surface area is 266 Å². The SMILES string of the molecule is CCOC(=O)C1=C(C)N=c2s/c(=C\c3ccc(OCC(=O)N4CCOCC4)c(OC)c3)c(=O)n2[C@H]1c1cc(Br)ccc1OC. The summed E-state index contributed by atoms with van der Waals surface area (Å²) < 4.78 is 30.3. The lowest BCUT2D eigenvalue weighted by molar-refractivity contribution is -0.139. The summed E-state index contributed by atoms with van der Waals surface area (Å²) in [6.45, 7) is 5.59. The van der Waals surface area contributed by atoms with Crippen molar-refractivity contribution in [2.24, 2.45) is 4.99 Å². The highest BCUT2D eigenvalue weighted by Gasteiger charge is 2.35. The monoisotopic (exact) mass is 685 g/mol. The summed E-state index contributed by atoms with van der Waals surface area (Å²) in [4.78, 5) is 46.5. The number of esters is 1. The van der Waals surface area contributed by atoms with Crippen LogP contribution in [0.25, 0.3) is 6.08 Å². The molecule has 5 rings (SSSR count). The molecule has 1 amide bonds. The molecule has 2 aromatic carbocycles. The first-order valence-electron chi connectivity index (χ1n) is 13.9. The molecule has 1 atom stereocenters. The van der Waals surface area contributed by atoms with E-state index in [1.165, 1.54) is 30.1 Å². The van der Waals surface area contributed by atoms with E-state index >= 15 is 0 Å². The third-order valence-corrected chi connectivity index (χ3v) is 8.68. The zero-order valence-electron chi connectivity index (χ0n) is 24.8. The summed E-state index contributed by atoms with van der Waals surface area (Å²) in [5.74, 6) is 0.650. The number of allylic oxidation sites excluding steroid dienone is 1. The average Bonchev–Trinajstić information content (AvgIpc) is 3.33. The number of benzene rings is 2. The third kappa shape index (κ3) is 6.44. The Bertz CT molecular complexity index is 1790. The second-order valence-electron chi connectivity index (χ2n) is 9.88. The molecule has 1 saturated heterocycles. The number of thiazole rings is 1. The number of halogens is 1. The molecule has 3 heterocycles. The summed E-state index contributed by atoms with van der Waals surface area (Å²) in [6, 6.07) is 9.81. The molecule has 1 fully saturated rings. The van der Waals surface area contributed by atoms with Crippen molar-refractivity contribution in [2.75, 3.05) is 53.7 Å². The summed E-state index contributed by atoms with van der Waals surface area (Å²) in [5.41, 5.74) is 1.68. The van der Waals surface area contributed by atoms with Gasteiger partial charge in [0.1, 0.15) is 11.8 Å². The van der Waals surface area contributed by atoms with Gasteiger partial charge in [0.15, 0.2) is 22.9 Å². The number of hydrogen-bond donors (Lipinski definition) is 0. The molecule has 0 saturated carbocycles. The van der Waals surface area contributed by atoms with Crippen LogP contribution in [0.15, 0.2) is 61.9 Å². The van der Waals surface area contributed by atoms with Crippen molar-refractivity contribution in [3.05, 3.63) is 83.0 Å². The van der Waals surface area contributed by atoms with E-state index in [2.05, 4.69) is 20.9 Å². The normalized spacial score (nSPS) is 16.7. The molecule has 11 nitrogen and oxygen atoms in total. The van der Waals surface area contributed by atoms with Gasteiger partial charge in [0.05, 0.1) is 49.8 Å². The van der Waals surface area contributed by atoms with Crippen LogP contribution in [0.3, 0.4) is 0 Å².